The molecule has 0 aliphatic carbocycles. The Morgan fingerprint density at radius 1 is 1.16 bits per heavy atom. The Kier molecular flexibility index (Phi) is 9.37. The second-order valence-corrected chi connectivity index (χ2v) is 6.66. The molecule has 1 fully saturated rings. The summed E-state index contributed by atoms with van der Waals surface area (Å²) < 4.78 is 0. The maximum absolute atomic E-state index is 10.2. The van der Waals surface area contributed by atoms with E-state index in [1.807, 2.05) is 30.3 Å². The van der Waals surface area contributed by atoms with Crippen LogP contribution in [0.4, 0.5) is 0 Å². The first-order chi connectivity index (χ1) is 12.3. The average molecular weight is 347 g/mol. The predicted molar refractivity (Wildman–Crippen MR) is 105 cm³/mol. The normalized spacial score (nSPS) is 16.8. The quantitative estimate of drug-likeness (QED) is 0.346. The van der Waals surface area contributed by atoms with E-state index < -0.39 is 6.10 Å². The lowest BCUT2D eigenvalue weighted by atomic mass is 10.1. The van der Waals surface area contributed by atoms with Gasteiger partial charge in [0.25, 0.3) is 0 Å². The van der Waals surface area contributed by atoms with Crippen LogP contribution in [-0.4, -0.2) is 55.2 Å². The Balaban J connectivity index is 1.63. The highest BCUT2D eigenvalue weighted by molar-refractivity contribution is 5.79. The van der Waals surface area contributed by atoms with Crippen LogP contribution in [0.5, 0.6) is 0 Å². The molecule has 1 saturated heterocycles. The van der Waals surface area contributed by atoms with Crippen LogP contribution in [0.3, 0.4) is 0 Å². The number of aliphatic imine (C=N–C) groups is 1. The molecule has 5 heteroatoms. The van der Waals surface area contributed by atoms with Gasteiger partial charge < -0.3 is 20.6 Å². The molecule has 2 rings (SSSR count). The number of aliphatic hydroxyl groups excluding tert-OH is 1. The minimum Gasteiger partial charge on any atom is -0.388 e. The first-order valence-electron chi connectivity index (χ1n) is 9.77. The monoisotopic (exact) mass is 346 g/mol. The number of likely N-dealkylation sites (tertiary alicyclic amines) is 1. The molecule has 140 valence electrons. The maximum Gasteiger partial charge on any atom is 0.191 e. The van der Waals surface area contributed by atoms with E-state index in [9.17, 15) is 5.11 Å². The molecule has 3 N–H and O–H groups in total. The number of nitrogens with zero attached hydrogens (tertiary/aromatic N) is 2. The minimum absolute atomic E-state index is 0.433. The number of benzene rings is 1. The van der Waals surface area contributed by atoms with Gasteiger partial charge in [-0.05, 0) is 64.2 Å². The molecule has 1 heterocycles. The van der Waals surface area contributed by atoms with Crippen LogP contribution in [-0.2, 0) is 0 Å². The van der Waals surface area contributed by atoms with Crippen LogP contribution < -0.4 is 10.6 Å². The molecular formula is C20H34N4O. The van der Waals surface area contributed by atoms with Gasteiger partial charge >= 0.3 is 0 Å². The number of aliphatic hydroxyl groups is 1. The van der Waals surface area contributed by atoms with E-state index in [2.05, 4.69) is 27.4 Å². The summed E-state index contributed by atoms with van der Waals surface area (Å²) in [4.78, 5) is 7.20. The van der Waals surface area contributed by atoms with Crippen molar-refractivity contribution in [2.75, 3.05) is 39.3 Å². The lowest BCUT2D eigenvalue weighted by Gasteiger charge is -2.15. The molecule has 5 nitrogen and oxygen atoms in total. The number of hydrogen-bond donors (Lipinski definition) is 3. The third kappa shape index (κ3) is 7.88. The third-order valence-corrected chi connectivity index (χ3v) is 4.59. The van der Waals surface area contributed by atoms with Gasteiger partial charge in [0, 0.05) is 19.6 Å². The number of nitrogens with one attached hydrogen (secondary N) is 2. The van der Waals surface area contributed by atoms with Gasteiger partial charge in [-0.15, -0.1) is 0 Å². The Bertz CT molecular complexity index is 486. The zero-order valence-corrected chi connectivity index (χ0v) is 15.6. The van der Waals surface area contributed by atoms with Crippen molar-refractivity contribution >= 4 is 5.96 Å². The summed E-state index contributed by atoms with van der Waals surface area (Å²) in [6.07, 6.45) is 5.30. The zero-order valence-electron chi connectivity index (χ0n) is 15.6. The maximum atomic E-state index is 10.2. The van der Waals surface area contributed by atoms with Gasteiger partial charge in [-0.25, -0.2) is 0 Å². The zero-order chi connectivity index (χ0) is 17.7. The fourth-order valence-corrected chi connectivity index (χ4v) is 3.16. The summed E-state index contributed by atoms with van der Waals surface area (Å²) in [5.74, 6) is 0.851. The first kappa shape index (κ1) is 19.7. The van der Waals surface area contributed by atoms with Crippen LogP contribution >= 0.6 is 0 Å². The summed E-state index contributed by atoms with van der Waals surface area (Å²) >= 11 is 0. The summed E-state index contributed by atoms with van der Waals surface area (Å²) in [5.41, 5.74) is 0.966. The predicted octanol–water partition coefficient (Wildman–Crippen LogP) is 2.54. The van der Waals surface area contributed by atoms with Crippen molar-refractivity contribution in [3.8, 4) is 0 Å². The van der Waals surface area contributed by atoms with Gasteiger partial charge in [-0.3, -0.25) is 4.99 Å². The van der Waals surface area contributed by atoms with Gasteiger partial charge in [0.05, 0.1) is 6.10 Å². The minimum atomic E-state index is -0.433. The summed E-state index contributed by atoms with van der Waals surface area (Å²) in [7, 11) is 0. The molecule has 0 saturated carbocycles. The average Bonchev–Trinajstić information content (AvgIpc) is 3.15. The van der Waals surface area contributed by atoms with E-state index in [0.29, 0.717) is 13.0 Å². The Hall–Kier alpha value is -1.59. The van der Waals surface area contributed by atoms with Crippen LogP contribution in [0.25, 0.3) is 0 Å². The summed E-state index contributed by atoms with van der Waals surface area (Å²) in [6.45, 7) is 8.24. The highest BCUT2D eigenvalue weighted by atomic mass is 16.3. The van der Waals surface area contributed by atoms with Crippen molar-refractivity contribution in [3.05, 3.63) is 35.9 Å². The molecule has 1 aromatic carbocycles. The molecule has 1 atom stereocenters. The van der Waals surface area contributed by atoms with E-state index in [1.165, 1.54) is 38.9 Å². The molecule has 1 unspecified atom stereocenters. The highest BCUT2D eigenvalue weighted by Gasteiger charge is 2.10. The second-order valence-electron chi connectivity index (χ2n) is 6.66. The first-order valence-corrected chi connectivity index (χ1v) is 9.77. The van der Waals surface area contributed by atoms with Crippen LogP contribution in [0.15, 0.2) is 35.3 Å². The van der Waals surface area contributed by atoms with Gasteiger partial charge in [0.15, 0.2) is 5.96 Å². The lowest BCUT2D eigenvalue weighted by Crippen LogP contribution is -2.38. The summed E-state index contributed by atoms with van der Waals surface area (Å²) in [5, 5.41) is 16.8. The van der Waals surface area contributed by atoms with Gasteiger partial charge in [-0.2, -0.15) is 0 Å². The standard InChI is InChI=1S/C20H34N4O/c1-2-21-20(22-13-6-7-15-24-16-8-9-17-24)23-14-12-19(25)18-10-4-3-5-11-18/h3-5,10-11,19,25H,2,6-9,12-17H2,1H3,(H2,21,22,23). The molecule has 0 spiro atoms. The van der Waals surface area contributed by atoms with Crippen molar-refractivity contribution in [2.45, 2.75) is 45.1 Å². The van der Waals surface area contributed by atoms with Crippen LogP contribution in [0.2, 0.25) is 0 Å². The number of hydrogen-bond acceptors (Lipinski definition) is 3. The number of guanidine groups is 1. The fraction of sp³-hybridized carbons (Fsp3) is 0.650. The molecule has 0 amide bonds. The largest absolute Gasteiger partial charge is 0.388 e. The van der Waals surface area contributed by atoms with Gasteiger partial charge in [-0.1, -0.05) is 30.3 Å². The van der Waals surface area contributed by atoms with Gasteiger partial charge in [0.2, 0.25) is 0 Å². The van der Waals surface area contributed by atoms with E-state index in [1.54, 1.807) is 0 Å². The number of rotatable bonds is 10. The Labute approximate surface area is 152 Å². The van der Waals surface area contributed by atoms with Crippen molar-refractivity contribution < 1.29 is 5.11 Å². The molecule has 0 aromatic heterocycles. The second kappa shape index (κ2) is 11.9. The van der Waals surface area contributed by atoms with Crippen LogP contribution in [0, 0.1) is 0 Å². The molecule has 0 radical (unpaired) electrons. The molecule has 1 aliphatic rings. The van der Waals surface area contributed by atoms with E-state index >= 15 is 0 Å². The molecule has 0 bridgehead atoms. The number of unbranched alkanes of at least 4 members (excludes halogenated alkanes) is 1. The molecule has 1 aromatic rings. The van der Waals surface area contributed by atoms with Gasteiger partial charge in [0.1, 0.15) is 0 Å². The SMILES string of the molecule is CCNC(=NCCCCN1CCCC1)NCCC(O)c1ccccc1. The fourth-order valence-electron chi connectivity index (χ4n) is 3.16. The van der Waals surface area contributed by atoms with Crippen LogP contribution in [0.1, 0.15) is 50.7 Å². The van der Waals surface area contributed by atoms with E-state index in [-0.39, 0.29) is 0 Å². The Morgan fingerprint density at radius 3 is 2.64 bits per heavy atom. The lowest BCUT2D eigenvalue weighted by molar-refractivity contribution is 0.168. The van der Waals surface area contributed by atoms with E-state index in [4.69, 9.17) is 0 Å². The topological polar surface area (TPSA) is 59.9 Å². The third-order valence-electron chi connectivity index (χ3n) is 4.59. The smallest absolute Gasteiger partial charge is 0.191 e. The van der Waals surface area contributed by atoms with E-state index in [0.717, 1.165) is 31.0 Å². The molecular weight excluding hydrogens is 312 g/mol. The van der Waals surface area contributed by atoms with Crippen molar-refractivity contribution in [1.82, 2.24) is 15.5 Å². The Morgan fingerprint density at radius 2 is 1.92 bits per heavy atom. The highest BCUT2D eigenvalue weighted by Crippen LogP contribution is 2.14. The van der Waals surface area contributed by atoms with Crippen molar-refractivity contribution in [1.29, 1.82) is 0 Å². The summed E-state index contributed by atoms with van der Waals surface area (Å²) in [6, 6.07) is 9.81. The van der Waals surface area contributed by atoms with Crippen molar-refractivity contribution in [2.24, 2.45) is 4.99 Å². The molecule has 25 heavy (non-hydrogen) atoms. The molecule has 1 aliphatic heterocycles. The van der Waals surface area contributed by atoms with Crippen molar-refractivity contribution in [3.63, 3.8) is 0 Å².